The van der Waals surface area contributed by atoms with E-state index in [0.717, 1.165) is 10.9 Å². The topological polar surface area (TPSA) is 93.3 Å². The SMILES string of the molecule is NCC(=O)O.O=Cc1ccc(Br)nc1. The van der Waals surface area contributed by atoms with E-state index in [2.05, 4.69) is 26.6 Å². The molecule has 0 fully saturated rings. The quantitative estimate of drug-likeness (QED) is 0.603. The van der Waals surface area contributed by atoms with Gasteiger partial charge in [0.05, 0.1) is 6.54 Å². The molecule has 0 spiro atoms. The minimum absolute atomic E-state index is 0.278. The lowest BCUT2D eigenvalue weighted by atomic mass is 10.3. The summed E-state index contributed by atoms with van der Waals surface area (Å²) in [5.74, 6) is -0.968. The highest BCUT2D eigenvalue weighted by molar-refractivity contribution is 9.10. The van der Waals surface area contributed by atoms with Crippen LogP contribution in [0, 0.1) is 0 Å². The van der Waals surface area contributed by atoms with Gasteiger partial charge in [0.25, 0.3) is 0 Å². The summed E-state index contributed by atoms with van der Waals surface area (Å²) < 4.78 is 0.744. The monoisotopic (exact) mass is 260 g/mol. The standard InChI is InChI=1S/C6H4BrNO.C2H5NO2/c7-6-2-1-5(4-9)3-8-6;3-1-2(4)5/h1-4H;1,3H2,(H,4,5). The Kier molecular flexibility index (Phi) is 6.51. The van der Waals surface area contributed by atoms with Gasteiger partial charge in [-0.2, -0.15) is 0 Å². The van der Waals surface area contributed by atoms with Crippen molar-refractivity contribution in [3.05, 3.63) is 28.5 Å². The lowest BCUT2D eigenvalue weighted by molar-refractivity contribution is -0.135. The number of pyridine rings is 1. The molecule has 0 aliphatic rings. The van der Waals surface area contributed by atoms with Gasteiger partial charge in [-0.15, -0.1) is 0 Å². The average Bonchev–Trinajstić information content (AvgIpc) is 2.20. The molecule has 1 aromatic rings. The fraction of sp³-hybridized carbons (Fsp3) is 0.125. The fourth-order valence-corrected chi connectivity index (χ4v) is 0.692. The zero-order chi connectivity index (χ0) is 11.0. The van der Waals surface area contributed by atoms with Gasteiger partial charge in [0.2, 0.25) is 0 Å². The first kappa shape index (κ1) is 12.7. The molecule has 1 heterocycles. The Hall–Kier alpha value is -1.27. The Morgan fingerprint density at radius 2 is 2.21 bits per heavy atom. The fourth-order valence-electron chi connectivity index (χ4n) is 0.457. The van der Waals surface area contributed by atoms with Crippen LogP contribution in [0.4, 0.5) is 0 Å². The number of aliphatic carboxylic acids is 1. The van der Waals surface area contributed by atoms with E-state index in [0.29, 0.717) is 5.56 Å². The number of nitrogens with two attached hydrogens (primary N) is 1. The van der Waals surface area contributed by atoms with Crippen molar-refractivity contribution >= 4 is 28.2 Å². The zero-order valence-electron chi connectivity index (χ0n) is 7.18. The average molecular weight is 261 g/mol. The number of carbonyl (C=O) groups is 2. The number of carboxylic acid groups (broad SMARTS) is 1. The Bertz CT molecular complexity index is 300. The van der Waals surface area contributed by atoms with Crippen molar-refractivity contribution in [2.45, 2.75) is 0 Å². The van der Waals surface area contributed by atoms with E-state index in [1.54, 1.807) is 12.1 Å². The molecule has 1 rings (SSSR count). The third kappa shape index (κ3) is 6.27. The number of halogens is 1. The third-order valence-corrected chi connectivity index (χ3v) is 1.53. The van der Waals surface area contributed by atoms with Crippen LogP contribution in [0.2, 0.25) is 0 Å². The van der Waals surface area contributed by atoms with Crippen LogP contribution in [-0.2, 0) is 4.79 Å². The zero-order valence-corrected chi connectivity index (χ0v) is 8.77. The van der Waals surface area contributed by atoms with Crippen LogP contribution in [0.5, 0.6) is 0 Å². The van der Waals surface area contributed by atoms with Crippen molar-refractivity contribution in [3.63, 3.8) is 0 Å². The Morgan fingerprint density at radius 1 is 1.64 bits per heavy atom. The smallest absolute Gasteiger partial charge is 0.317 e. The largest absolute Gasteiger partial charge is 0.480 e. The summed E-state index contributed by atoms with van der Waals surface area (Å²) >= 11 is 3.15. The Morgan fingerprint density at radius 3 is 2.50 bits per heavy atom. The van der Waals surface area contributed by atoms with Crippen molar-refractivity contribution in [1.82, 2.24) is 4.98 Å². The van der Waals surface area contributed by atoms with E-state index in [-0.39, 0.29) is 6.54 Å². The highest BCUT2D eigenvalue weighted by atomic mass is 79.9. The minimum Gasteiger partial charge on any atom is -0.480 e. The Balaban J connectivity index is 0.000000292. The van der Waals surface area contributed by atoms with Crippen LogP contribution in [0.15, 0.2) is 22.9 Å². The van der Waals surface area contributed by atoms with Crippen molar-refractivity contribution in [2.75, 3.05) is 6.54 Å². The van der Waals surface area contributed by atoms with Crippen molar-refractivity contribution in [2.24, 2.45) is 5.73 Å². The van der Waals surface area contributed by atoms with Crippen molar-refractivity contribution in [3.8, 4) is 0 Å². The van der Waals surface area contributed by atoms with Crippen molar-refractivity contribution < 1.29 is 14.7 Å². The lowest BCUT2D eigenvalue weighted by Gasteiger charge is -1.87. The summed E-state index contributed by atoms with van der Waals surface area (Å²) in [4.78, 5) is 23.1. The molecule has 5 nitrogen and oxygen atoms in total. The van der Waals surface area contributed by atoms with Crippen LogP contribution in [0.1, 0.15) is 10.4 Å². The predicted octanol–water partition coefficient (Wildman–Crippen LogP) is 0.686. The number of nitrogens with zero attached hydrogens (tertiary/aromatic N) is 1. The van der Waals surface area contributed by atoms with E-state index < -0.39 is 5.97 Å². The summed E-state index contributed by atoms with van der Waals surface area (Å²) in [5.41, 5.74) is 5.17. The van der Waals surface area contributed by atoms with Gasteiger partial charge in [0.15, 0.2) is 6.29 Å². The van der Waals surface area contributed by atoms with Crippen LogP contribution in [-0.4, -0.2) is 28.9 Å². The molecular weight excluding hydrogens is 252 g/mol. The van der Waals surface area contributed by atoms with E-state index in [1.165, 1.54) is 6.20 Å². The molecule has 76 valence electrons. The second-order valence-corrected chi connectivity index (χ2v) is 2.94. The number of rotatable bonds is 2. The maximum absolute atomic E-state index is 10.1. The molecule has 0 amide bonds. The molecule has 0 atom stereocenters. The number of hydrogen-bond acceptors (Lipinski definition) is 4. The van der Waals surface area contributed by atoms with Gasteiger partial charge in [-0.3, -0.25) is 9.59 Å². The first-order valence-corrected chi connectivity index (χ1v) is 4.38. The summed E-state index contributed by atoms with van der Waals surface area (Å²) in [7, 11) is 0. The van der Waals surface area contributed by atoms with Gasteiger partial charge >= 0.3 is 5.97 Å². The molecule has 3 N–H and O–H groups in total. The number of carbonyl (C=O) groups excluding carboxylic acids is 1. The molecule has 0 radical (unpaired) electrons. The third-order valence-electron chi connectivity index (χ3n) is 1.06. The number of aldehydes is 1. The summed E-state index contributed by atoms with van der Waals surface area (Å²) in [5, 5.41) is 7.60. The van der Waals surface area contributed by atoms with E-state index >= 15 is 0 Å². The molecule has 14 heavy (non-hydrogen) atoms. The molecule has 0 saturated carbocycles. The lowest BCUT2D eigenvalue weighted by Crippen LogP contribution is -2.10. The first-order valence-electron chi connectivity index (χ1n) is 3.58. The van der Waals surface area contributed by atoms with Crippen LogP contribution in [0.25, 0.3) is 0 Å². The molecule has 0 unspecified atom stereocenters. The Labute approximate surface area is 89.1 Å². The van der Waals surface area contributed by atoms with Gasteiger partial charge in [-0.1, -0.05) is 0 Å². The van der Waals surface area contributed by atoms with Gasteiger partial charge < -0.3 is 10.8 Å². The molecular formula is C8H9BrN2O3. The van der Waals surface area contributed by atoms with Gasteiger partial charge in [0.1, 0.15) is 4.60 Å². The van der Waals surface area contributed by atoms with Crippen LogP contribution in [0.3, 0.4) is 0 Å². The highest BCUT2D eigenvalue weighted by Crippen LogP contribution is 2.03. The highest BCUT2D eigenvalue weighted by Gasteiger charge is 1.87. The van der Waals surface area contributed by atoms with Crippen LogP contribution < -0.4 is 5.73 Å². The second kappa shape index (κ2) is 7.16. The van der Waals surface area contributed by atoms with Gasteiger partial charge in [0, 0.05) is 11.8 Å². The normalized spacial score (nSPS) is 8.43. The molecule has 0 aliphatic carbocycles. The number of carboxylic acids is 1. The van der Waals surface area contributed by atoms with Crippen molar-refractivity contribution in [1.29, 1.82) is 0 Å². The van der Waals surface area contributed by atoms with Crippen LogP contribution >= 0.6 is 15.9 Å². The molecule has 0 bridgehead atoms. The molecule has 0 aromatic carbocycles. The molecule has 1 aromatic heterocycles. The minimum atomic E-state index is -0.968. The van der Waals surface area contributed by atoms with E-state index in [1.807, 2.05) is 0 Å². The maximum Gasteiger partial charge on any atom is 0.317 e. The summed E-state index contributed by atoms with van der Waals surface area (Å²) in [6.45, 7) is -0.278. The molecule has 0 saturated heterocycles. The summed E-state index contributed by atoms with van der Waals surface area (Å²) in [6, 6.07) is 3.42. The predicted molar refractivity (Wildman–Crippen MR) is 54.0 cm³/mol. The molecule has 0 aliphatic heterocycles. The maximum atomic E-state index is 10.1. The van der Waals surface area contributed by atoms with E-state index in [4.69, 9.17) is 5.11 Å². The summed E-state index contributed by atoms with van der Waals surface area (Å²) in [6.07, 6.45) is 2.27. The van der Waals surface area contributed by atoms with Gasteiger partial charge in [-0.05, 0) is 28.1 Å². The number of aromatic nitrogens is 1. The first-order chi connectivity index (χ1) is 6.60. The number of hydrogen-bond donors (Lipinski definition) is 2. The van der Waals surface area contributed by atoms with E-state index in [9.17, 15) is 9.59 Å². The second-order valence-electron chi connectivity index (χ2n) is 2.13. The van der Waals surface area contributed by atoms with Gasteiger partial charge in [-0.25, -0.2) is 4.98 Å². The molecule has 6 heteroatoms.